The molecule has 2 aromatic carbocycles. The molecule has 0 unspecified atom stereocenters. The summed E-state index contributed by atoms with van der Waals surface area (Å²) >= 11 is 0. The molecule has 0 heterocycles. The van der Waals surface area contributed by atoms with E-state index in [2.05, 4.69) is 4.72 Å². The van der Waals surface area contributed by atoms with E-state index in [1.807, 2.05) is 60.7 Å². The van der Waals surface area contributed by atoms with Gasteiger partial charge in [-0.3, -0.25) is 4.79 Å². The lowest BCUT2D eigenvalue weighted by Gasteiger charge is -2.21. The summed E-state index contributed by atoms with van der Waals surface area (Å²) in [4.78, 5) is 13.3. The van der Waals surface area contributed by atoms with Crippen LogP contribution in [0.25, 0.3) is 0 Å². The van der Waals surface area contributed by atoms with Crippen molar-refractivity contribution in [3.63, 3.8) is 0 Å². The maximum absolute atomic E-state index is 12.1. The molecule has 25 heavy (non-hydrogen) atoms. The third-order valence-electron chi connectivity index (χ3n) is 3.83. The Bertz CT molecular complexity index is 762. The number of nitrogens with one attached hydrogen (secondary N) is 1. The Hall–Kier alpha value is -2.18. The zero-order chi connectivity index (χ0) is 18.1. The van der Waals surface area contributed by atoms with Gasteiger partial charge in [0.25, 0.3) is 0 Å². The molecule has 0 fully saturated rings. The van der Waals surface area contributed by atoms with Crippen molar-refractivity contribution >= 4 is 21.6 Å². The second-order valence-electron chi connectivity index (χ2n) is 5.81. The number of sulfonamides is 1. The van der Waals surface area contributed by atoms with Gasteiger partial charge in [-0.1, -0.05) is 48.5 Å². The molecule has 134 valence electrons. The molecule has 5 nitrogen and oxygen atoms in total. The fraction of sp³-hybridized carbons (Fsp3) is 0.316. The molecule has 0 aromatic heterocycles. The third-order valence-corrected chi connectivity index (χ3v) is 5.30. The SMILES string of the molecule is CC(=O)N(CCNS(=O)(=O)CCCc1ccccc1)c1ccccc1. The monoisotopic (exact) mass is 360 g/mol. The molecule has 0 atom stereocenters. The smallest absolute Gasteiger partial charge is 0.223 e. The Morgan fingerprint density at radius 2 is 1.60 bits per heavy atom. The molecule has 0 aliphatic rings. The molecule has 0 radical (unpaired) electrons. The Balaban J connectivity index is 1.79. The molecule has 1 N–H and O–H groups in total. The van der Waals surface area contributed by atoms with E-state index < -0.39 is 10.0 Å². The molecule has 2 rings (SSSR count). The summed E-state index contributed by atoms with van der Waals surface area (Å²) < 4.78 is 26.8. The molecular weight excluding hydrogens is 336 g/mol. The highest BCUT2D eigenvalue weighted by Gasteiger charge is 2.14. The van der Waals surface area contributed by atoms with Crippen LogP contribution in [0.5, 0.6) is 0 Å². The summed E-state index contributed by atoms with van der Waals surface area (Å²) in [7, 11) is -3.34. The van der Waals surface area contributed by atoms with Gasteiger partial charge in [-0.15, -0.1) is 0 Å². The molecular formula is C19H24N2O3S. The van der Waals surface area contributed by atoms with Crippen LogP contribution in [-0.4, -0.2) is 33.2 Å². The maximum Gasteiger partial charge on any atom is 0.223 e. The molecule has 2 aromatic rings. The summed E-state index contributed by atoms with van der Waals surface area (Å²) in [6, 6.07) is 19.0. The van der Waals surface area contributed by atoms with Crippen LogP contribution in [0.2, 0.25) is 0 Å². The van der Waals surface area contributed by atoms with Crippen LogP contribution in [-0.2, 0) is 21.2 Å². The molecule has 1 amide bonds. The number of carbonyl (C=O) groups is 1. The van der Waals surface area contributed by atoms with E-state index in [4.69, 9.17) is 0 Å². The number of carbonyl (C=O) groups excluding carboxylic acids is 1. The number of benzene rings is 2. The van der Waals surface area contributed by atoms with Crippen molar-refractivity contribution in [3.8, 4) is 0 Å². The molecule has 0 saturated heterocycles. The van der Waals surface area contributed by atoms with Crippen LogP contribution in [0, 0.1) is 0 Å². The van der Waals surface area contributed by atoms with Crippen LogP contribution in [0.1, 0.15) is 18.9 Å². The number of anilines is 1. The number of amides is 1. The van der Waals surface area contributed by atoms with Crippen molar-refractivity contribution < 1.29 is 13.2 Å². The fourth-order valence-corrected chi connectivity index (χ4v) is 3.64. The van der Waals surface area contributed by atoms with E-state index in [0.717, 1.165) is 17.7 Å². The van der Waals surface area contributed by atoms with Gasteiger partial charge in [0, 0.05) is 25.7 Å². The minimum atomic E-state index is -3.34. The van der Waals surface area contributed by atoms with Gasteiger partial charge < -0.3 is 4.90 Å². The fourth-order valence-electron chi connectivity index (χ4n) is 2.57. The Kier molecular flexibility index (Phi) is 7.16. The van der Waals surface area contributed by atoms with E-state index in [-0.39, 0.29) is 18.2 Å². The van der Waals surface area contributed by atoms with E-state index in [0.29, 0.717) is 13.0 Å². The predicted octanol–water partition coefficient (Wildman–Crippen LogP) is 2.59. The molecule has 0 aliphatic carbocycles. The molecule has 0 aliphatic heterocycles. The van der Waals surface area contributed by atoms with Crippen LogP contribution >= 0.6 is 0 Å². The van der Waals surface area contributed by atoms with Gasteiger partial charge in [0.1, 0.15) is 0 Å². The van der Waals surface area contributed by atoms with Gasteiger partial charge in [0.15, 0.2) is 0 Å². The number of hydrogen-bond donors (Lipinski definition) is 1. The number of nitrogens with zero attached hydrogens (tertiary/aromatic N) is 1. The van der Waals surface area contributed by atoms with Crippen LogP contribution in [0.15, 0.2) is 60.7 Å². The van der Waals surface area contributed by atoms with E-state index >= 15 is 0 Å². The largest absolute Gasteiger partial charge is 0.311 e. The lowest BCUT2D eigenvalue weighted by atomic mass is 10.1. The highest BCUT2D eigenvalue weighted by molar-refractivity contribution is 7.89. The first kappa shape index (κ1) is 19.1. The number of para-hydroxylation sites is 1. The van der Waals surface area contributed by atoms with E-state index in [1.165, 1.54) is 6.92 Å². The minimum Gasteiger partial charge on any atom is -0.311 e. The number of rotatable bonds is 9. The third kappa shape index (κ3) is 6.68. The summed E-state index contributed by atoms with van der Waals surface area (Å²) in [5.41, 5.74) is 1.89. The van der Waals surface area contributed by atoms with Crippen molar-refractivity contribution in [2.45, 2.75) is 19.8 Å². The van der Waals surface area contributed by atoms with Crippen molar-refractivity contribution in [2.75, 3.05) is 23.7 Å². The second kappa shape index (κ2) is 9.34. The Morgan fingerprint density at radius 1 is 1.00 bits per heavy atom. The quantitative estimate of drug-likeness (QED) is 0.747. The Labute approximate surface area is 149 Å². The molecule has 6 heteroatoms. The van der Waals surface area contributed by atoms with Crippen molar-refractivity contribution in [1.29, 1.82) is 0 Å². The normalized spacial score (nSPS) is 11.2. The lowest BCUT2D eigenvalue weighted by molar-refractivity contribution is -0.116. The van der Waals surface area contributed by atoms with Crippen molar-refractivity contribution in [2.24, 2.45) is 0 Å². The standard InChI is InChI=1S/C19H24N2O3S/c1-17(22)21(19-12-6-3-7-13-19)15-14-20-25(23,24)16-8-11-18-9-4-2-5-10-18/h2-7,9-10,12-13,20H,8,11,14-16H2,1H3. The summed E-state index contributed by atoms with van der Waals surface area (Å²) in [6.07, 6.45) is 1.29. The maximum atomic E-state index is 12.1. The summed E-state index contributed by atoms with van der Waals surface area (Å²) in [5, 5.41) is 0. The Morgan fingerprint density at radius 3 is 2.20 bits per heavy atom. The summed E-state index contributed by atoms with van der Waals surface area (Å²) in [5.74, 6) is -0.0395. The van der Waals surface area contributed by atoms with Gasteiger partial charge >= 0.3 is 0 Å². The van der Waals surface area contributed by atoms with Crippen LogP contribution < -0.4 is 9.62 Å². The van der Waals surface area contributed by atoms with Gasteiger partial charge in [0.05, 0.1) is 5.75 Å². The first-order valence-electron chi connectivity index (χ1n) is 8.32. The van der Waals surface area contributed by atoms with Crippen LogP contribution in [0.4, 0.5) is 5.69 Å². The first-order chi connectivity index (χ1) is 12.0. The van der Waals surface area contributed by atoms with Gasteiger partial charge in [-0.2, -0.15) is 0 Å². The highest BCUT2D eigenvalue weighted by atomic mass is 32.2. The predicted molar refractivity (Wildman–Crippen MR) is 101 cm³/mol. The van der Waals surface area contributed by atoms with E-state index in [1.54, 1.807) is 4.90 Å². The molecule has 0 spiro atoms. The number of hydrogen-bond acceptors (Lipinski definition) is 3. The molecule has 0 saturated carbocycles. The van der Waals surface area contributed by atoms with Gasteiger partial charge in [-0.05, 0) is 30.5 Å². The number of aryl methyl sites for hydroxylation is 1. The average Bonchev–Trinajstić information content (AvgIpc) is 2.60. The lowest BCUT2D eigenvalue weighted by Crippen LogP contribution is -2.38. The average molecular weight is 360 g/mol. The topological polar surface area (TPSA) is 66.5 Å². The van der Waals surface area contributed by atoms with Crippen molar-refractivity contribution in [1.82, 2.24) is 4.72 Å². The van der Waals surface area contributed by atoms with Gasteiger partial charge in [0.2, 0.25) is 15.9 Å². The van der Waals surface area contributed by atoms with E-state index in [9.17, 15) is 13.2 Å². The van der Waals surface area contributed by atoms with Gasteiger partial charge in [-0.25, -0.2) is 13.1 Å². The zero-order valence-corrected chi connectivity index (χ0v) is 15.2. The first-order valence-corrected chi connectivity index (χ1v) is 9.97. The zero-order valence-electron chi connectivity index (χ0n) is 14.4. The van der Waals surface area contributed by atoms with Crippen LogP contribution in [0.3, 0.4) is 0 Å². The summed E-state index contributed by atoms with van der Waals surface area (Å²) in [6.45, 7) is 1.97. The minimum absolute atomic E-state index is 0.0767. The highest BCUT2D eigenvalue weighted by Crippen LogP contribution is 2.12. The van der Waals surface area contributed by atoms with Crippen molar-refractivity contribution in [3.05, 3.63) is 66.2 Å². The second-order valence-corrected chi connectivity index (χ2v) is 7.73. The molecule has 0 bridgehead atoms.